The normalized spacial score (nSPS) is 12.4. The minimum atomic E-state index is -0.197. The van der Waals surface area contributed by atoms with Crippen LogP contribution in [0.3, 0.4) is 0 Å². The van der Waals surface area contributed by atoms with Gasteiger partial charge in [0.2, 0.25) is 0 Å². The van der Waals surface area contributed by atoms with E-state index in [1.54, 1.807) is 6.07 Å². The van der Waals surface area contributed by atoms with Crippen LogP contribution in [0.5, 0.6) is 0 Å². The minimum absolute atomic E-state index is 0.197. The van der Waals surface area contributed by atoms with Crippen molar-refractivity contribution in [2.24, 2.45) is 5.92 Å². The van der Waals surface area contributed by atoms with E-state index in [-0.39, 0.29) is 5.82 Å². The van der Waals surface area contributed by atoms with Gasteiger partial charge in [0.1, 0.15) is 5.82 Å². The second kappa shape index (κ2) is 7.71. The molecule has 2 aromatic carbocycles. The van der Waals surface area contributed by atoms with Crippen molar-refractivity contribution < 1.29 is 4.39 Å². The summed E-state index contributed by atoms with van der Waals surface area (Å²) in [5.41, 5.74) is 2.30. The Hall–Kier alpha value is -0.190. The number of halogens is 4. The van der Waals surface area contributed by atoms with Crippen molar-refractivity contribution >= 4 is 47.8 Å². The maximum atomic E-state index is 13.6. The molecule has 0 aromatic heterocycles. The Balaban J connectivity index is 2.14. The second-order valence-electron chi connectivity index (χ2n) is 4.73. The summed E-state index contributed by atoms with van der Waals surface area (Å²) in [4.78, 5) is 0. The predicted octanol–water partition coefficient (Wildman–Crippen LogP) is 6.15. The van der Waals surface area contributed by atoms with E-state index in [0.29, 0.717) is 10.4 Å². The highest BCUT2D eigenvalue weighted by atomic mass is 79.9. The average molecular weight is 465 g/mol. The Morgan fingerprint density at radius 1 is 0.900 bits per heavy atom. The lowest BCUT2D eigenvalue weighted by Gasteiger charge is -2.16. The summed E-state index contributed by atoms with van der Waals surface area (Å²) in [6, 6.07) is 13.5. The zero-order chi connectivity index (χ0) is 14.5. The summed E-state index contributed by atoms with van der Waals surface area (Å²) in [6.07, 6.45) is 1.79. The van der Waals surface area contributed by atoms with Gasteiger partial charge in [-0.05, 0) is 57.9 Å². The molecule has 0 N–H and O–H groups in total. The molecule has 0 bridgehead atoms. The van der Waals surface area contributed by atoms with Crippen molar-refractivity contribution in [3.63, 3.8) is 0 Å². The fourth-order valence-corrected chi connectivity index (χ4v) is 3.50. The lowest BCUT2D eigenvalue weighted by molar-refractivity contribution is 0.577. The van der Waals surface area contributed by atoms with Gasteiger partial charge in [0, 0.05) is 9.80 Å². The van der Waals surface area contributed by atoms with Crippen LogP contribution in [0.4, 0.5) is 4.39 Å². The van der Waals surface area contributed by atoms with E-state index in [1.807, 2.05) is 18.2 Å². The van der Waals surface area contributed by atoms with Crippen LogP contribution in [0.25, 0.3) is 0 Å². The van der Waals surface area contributed by atoms with E-state index >= 15 is 0 Å². The average Bonchev–Trinajstić information content (AvgIpc) is 2.45. The first-order chi connectivity index (χ1) is 9.61. The molecule has 0 nitrogen and oxygen atoms in total. The molecule has 0 heterocycles. The van der Waals surface area contributed by atoms with Crippen molar-refractivity contribution in [2.45, 2.75) is 12.8 Å². The van der Waals surface area contributed by atoms with Crippen LogP contribution in [-0.2, 0) is 12.8 Å². The van der Waals surface area contributed by atoms with Gasteiger partial charge in [0.15, 0.2) is 0 Å². The highest BCUT2D eigenvalue weighted by Gasteiger charge is 2.14. The highest BCUT2D eigenvalue weighted by molar-refractivity contribution is 9.11. The van der Waals surface area contributed by atoms with Crippen molar-refractivity contribution in [1.82, 2.24) is 0 Å². The van der Waals surface area contributed by atoms with Gasteiger partial charge in [0.05, 0.1) is 4.47 Å². The molecule has 1 unspecified atom stereocenters. The maximum Gasteiger partial charge on any atom is 0.137 e. The van der Waals surface area contributed by atoms with Gasteiger partial charge in [-0.25, -0.2) is 4.39 Å². The first-order valence-electron chi connectivity index (χ1n) is 6.34. The van der Waals surface area contributed by atoms with Crippen LogP contribution in [0.15, 0.2) is 51.4 Å². The third-order valence-electron chi connectivity index (χ3n) is 3.22. The van der Waals surface area contributed by atoms with Gasteiger partial charge in [0.25, 0.3) is 0 Å². The van der Waals surface area contributed by atoms with Crippen molar-refractivity contribution in [3.05, 3.63) is 68.4 Å². The summed E-state index contributed by atoms with van der Waals surface area (Å²) in [6.45, 7) is 0. The van der Waals surface area contributed by atoms with Gasteiger partial charge in [-0.2, -0.15) is 0 Å². The Bertz CT molecular complexity index is 584. The molecular formula is C16H14Br3F. The first kappa shape index (κ1) is 16.2. The summed E-state index contributed by atoms with van der Waals surface area (Å²) < 4.78 is 15.3. The van der Waals surface area contributed by atoms with E-state index in [0.717, 1.165) is 28.2 Å². The number of benzene rings is 2. The van der Waals surface area contributed by atoms with E-state index < -0.39 is 0 Å². The summed E-state index contributed by atoms with van der Waals surface area (Å²) in [5, 5.41) is 0.886. The Kier molecular flexibility index (Phi) is 6.24. The lowest BCUT2D eigenvalue weighted by Crippen LogP contribution is -2.11. The van der Waals surface area contributed by atoms with E-state index in [1.165, 1.54) is 11.6 Å². The van der Waals surface area contributed by atoms with Crippen LogP contribution in [0.2, 0.25) is 0 Å². The Morgan fingerprint density at radius 2 is 1.55 bits per heavy atom. The number of alkyl halides is 1. The SMILES string of the molecule is Fc1cccc(CC(CBr)Cc2ccccc2Br)c1Br. The molecule has 0 aliphatic carbocycles. The molecule has 4 heteroatoms. The van der Waals surface area contributed by atoms with Gasteiger partial charge >= 0.3 is 0 Å². The second-order valence-corrected chi connectivity index (χ2v) is 7.03. The Labute approximate surface area is 144 Å². The highest BCUT2D eigenvalue weighted by Crippen LogP contribution is 2.27. The van der Waals surface area contributed by atoms with Gasteiger partial charge in [-0.3, -0.25) is 0 Å². The summed E-state index contributed by atoms with van der Waals surface area (Å²) in [5.74, 6) is 0.225. The third kappa shape index (κ3) is 4.15. The van der Waals surface area contributed by atoms with E-state index in [4.69, 9.17) is 0 Å². The minimum Gasteiger partial charge on any atom is -0.206 e. The number of rotatable bonds is 5. The molecule has 2 aromatic rings. The van der Waals surface area contributed by atoms with Crippen LogP contribution in [-0.4, -0.2) is 5.33 Å². The molecular weight excluding hydrogens is 451 g/mol. The van der Waals surface area contributed by atoms with Crippen LogP contribution in [0.1, 0.15) is 11.1 Å². The summed E-state index contributed by atoms with van der Waals surface area (Å²) >= 11 is 10.5. The molecule has 0 fully saturated rings. The molecule has 0 radical (unpaired) electrons. The summed E-state index contributed by atoms with van der Waals surface area (Å²) in [7, 11) is 0. The van der Waals surface area contributed by atoms with Crippen LogP contribution in [0, 0.1) is 11.7 Å². The zero-order valence-electron chi connectivity index (χ0n) is 10.8. The van der Waals surface area contributed by atoms with Crippen LogP contribution < -0.4 is 0 Å². The molecule has 2 rings (SSSR count). The van der Waals surface area contributed by atoms with Gasteiger partial charge < -0.3 is 0 Å². The molecule has 20 heavy (non-hydrogen) atoms. The van der Waals surface area contributed by atoms with Gasteiger partial charge in [-0.15, -0.1) is 0 Å². The lowest BCUT2D eigenvalue weighted by atomic mass is 9.94. The predicted molar refractivity (Wildman–Crippen MR) is 92.9 cm³/mol. The van der Waals surface area contributed by atoms with Crippen molar-refractivity contribution in [2.75, 3.05) is 5.33 Å². The van der Waals surface area contributed by atoms with E-state index in [2.05, 4.69) is 59.9 Å². The molecule has 0 aliphatic heterocycles. The molecule has 0 amide bonds. The zero-order valence-corrected chi connectivity index (χ0v) is 15.5. The van der Waals surface area contributed by atoms with Crippen molar-refractivity contribution in [1.29, 1.82) is 0 Å². The molecule has 1 atom stereocenters. The first-order valence-corrected chi connectivity index (χ1v) is 9.04. The fourth-order valence-electron chi connectivity index (χ4n) is 2.17. The maximum absolute atomic E-state index is 13.6. The van der Waals surface area contributed by atoms with Crippen molar-refractivity contribution in [3.8, 4) is 0 Å². The smallest absolute Gasteiger partial charge is 0.137 e. The Morgan fingerprint density at radius 3 is 2.25 bits per heavy atom. The molecule has 0 saturated carbocycles. The topological polar surface area (TPSA) is 0 Å². The number of hydrogen-bond donors (Lipinski definition) is 0. The standard InChI is InChI=1S/C16H14Br3F/c17-10-11(8-12-4-1-2-6-14(12)18)9-13-5-3-7-15(20)16(13)19/h1-7,11H,8-10H2. The third-order valence-corrected chi connectivity index (χ3v) is 5.80. The van der Waals surface area contributed by atoms with E-state index in [9.17, 15) is 4.39 Å². The van der Waals surface area contributed by atoms with Gasteiger partial charge in [-0.1, -0.05) is 62.2 Å². The molecule has 0 spiro atoms. The van der Waals surface area contributed by atoms with Crippen LogP contribution >= 0.6 is 47.8 Å². The molecule has 106 valence electrons. The molecule has 0 saturated heterocycles. The quantitative estimate of drug-likeness (QED) is 0.466. The molecule has 0 aliphatic rings. The monoisotopic (exact) mass is 462 g/mol. The number of hydrogen-bond acceptors (Lipinski definition) is 0. The largest absolute Gasteiger partial charge is 0.206 e. The fraction of sp³-hybridized carbons (Fsp3) is 0.250.